The lowest BCUT2D eigenvalue weighted by atomic mass is 10.1. The normalized spacial score (nSPS) is 19.7. The van der Waals surface area contributed by atoms with Crippen LogP contribution in [0.5, 0.6) is 11.5 Å². The van der Waals surface area contributed by atoms with Crippen LogP contribution in [0, 0.1) is 0 Å². The first-order valence-corrected chi connectivity index (χ1v) is 9.45. The number of hydrogen-bond donors (Lipinski definition) is 0. The SMILES string of the molecule is COc1cccc(OC)c1[C@H]1OC(C)C(=O)N1Cc1nc2ccccc2s1. The molecular weight excluding hydrogens is 364 g/mol. The van der Waals surface area contributed by atoms with Crippen LogP contribution >= 0.6 is 11.3 Å². The van der Waals surface area contributed by atoms with Gasteiger partial charge in [0, 0.05) is 0 Å². The summed E-state index contributed by atoms with van der Waals surface area (Å²) in [5.41, 5.74) is 1.64. The van der Waals surface area contributed by atoms with E-state index in [9.17, 15) is 4.79 Å². The molecule has 0 aliphatic carbocycles. The van der Waals surface area contributed by atoms with Crippen molar-refractivity contribution in [3.05, 3.63) is 53.0 Å². The predicted molar refractivity (Wildman–Crippen MR) is 103 cm³/mol. The van der Waals surface area contributed by atoms with E-state index in [0.29, 0.717) is 23.6 Å². The van der Waals surface area contributed by atoms with Crippen LogP contribution in [0.25, 0.3) is 10.2 Å². The van der Waals surface area contributed by atoms with Crippen LogP contribution in [-0.2, 0) is 16.1 Å². The largest absolute Gasteiger partial charge is 0.496 e. The number of hydrogen-bond acceptors (Lipinski definition) is 6. The zero-order chi connectivity index (χ0) is 19.0. The lowest BCUT2D eigenvalue weighted by Crippen LogP contribution is -2.30. The third-order valence-electron chi connectivity index (χ3n) is 4.60. The van der Waals surface area contributed by atoms with Gasteiger partial charge in [-0.15, -0.1) is 11.3 Å². The standard InChI is InChI=1S/C20H20N2O4S/c1-12-19(23)22(11-17-21-13-7-4-5-10-16(13)27-17)20(26-12)18-14(24-2)8-6-9-15(18)25-3/h4-10,12,20H,11H2,1-3H3/t12?,20-/m1/s1. The van der Waals surface area contributed by atoms with Crippen molar-refractivity contribution >= 4 is 27.5 Å². The van der Waals surface area contributed by atoms with E-state index in [-0.39, 0.29) is 5.91 Å². The molecule has 2 aromatic carbocycles. The molecule has 1 fully saturated rings. The third kappa shape index (κ3) is 3.13. The molecule has 1 aliphatic rings. The molecule has 0 saturated carbocycles. The molecule has 1 amide bonds. The molecule has 0 spiro atoms. The van der Waals surface area contributed by atoms with E-state index in [1.54, 1.807) is 37.4 Å². The highest BCUT2D eigenvalue weighted by atomic mass is 32.1. The fourth-order valence-corrected chi connectivity index (χ4v) is 4.28. The molecule has 7 heteroatoms. The van der Waals surface area contributed by atoms with Gasteiger partial charge in [0.25, 0.3) is 5.91 Å². The predicted octanol–water partition coefficient (Wildman–Crippen LogP) is 3.76. The molecule has 6 nitrogen and oxygen atoms in total. The van der Waals surface area contributed by atoms with Crippen molar-refractivity contribution in [1.82, 2.24) is 9.88 Å². The number of carbonyl (C=O) groups excluding carboxylic acids is 1. The minimum Gasteiger partial charge on any atom is -0.496 e. The van der Waals surface area contributed by atoms with E-state index < -0.39 is 12.3 Å². The van der Waals surface area contributed by atoms with Gasteiger partial charge >= 0.3 is 0 Å². The van der Waals surface area contributed by atoms with E-state index in [4.69, 9.17) is 14.2 Å². The number of ether oxygens (including phenoxy) is 3. The molecule has 3 aromatic rings. The van der Waals surface area contributed by atoms with Gasteiger partial charge in [0.2, 0.25) is 0 Å². The van der Waals surface area contributed by atoms with E-state index >= 15 is 0 Å². The summed E-state index contributed by atoms with van der Waals surface area (Å²) < 4.78 is 18.1. The Labute approximate surface area is 161 Å². The number of thiazole rings is 1. The molecule has 1 aromatic heterocycles. The van der Waals surface area contributed by atoms with Gasteiger partial charge in [0.1, 0.15) is 22.6 Å². The maximum absolute atomic E-state index is 12.8. The lowest BCUT2D eigenvalue weighted by Gasteiger charge is -2.25. The molecule has 2 atom stereocenters. The number of fused-ring (bicyclic) bond motifs is 1. The first-order chi connectivity index (χ1) is 13.1. The summed E-state index contributed by atoms with van der Waals surface area (Å²) in [4.78, 5) is 19.2. The number of para-hydroxylation sites is 1. The number of carbonyl (C=O) groups is 1. The molecule has 2 heterocycles. The maximum Gasteiger partial charge on any atom is 0.254 e. The van der Waals surface area contributed by atoms with E-state index in [0.717, 1.165) is 15.2 Å². The summed E-state index contributed by atoms with van der Waals surface area (Å²) in [6.07, 6.45) is -1.13. The van der Waals surface area contributed by atoms with Crippen LogP contribution in [0.15, 0.2) is 42.5 Å². The van der Waals surface area contributed by atoms with Gasteiger partial charge in [-0.25, -0.2) is 4.98 Å². The van der Waals surface area contributed by atoms with Crippen molar-refractivity contribution in [3.8, 4) is 11.5 Å². The minimum absolute atomic E-state index is 0.0767. The Hall–Kier alpha value is -2.64. The molecule has 0 N–H and O–H groups in total. The minimum atomic E-state index is -0.592. The first kappa shape index (κ1) is 17.8. The van der Waals surface area contributed by atoms with Crippen molar-refractivity contribution in [1.29, 1.82) is 0 Å². The summed E-state index contributed by atoms with van der Waals surface area (Å²) in [7, 11) is 3.19. The molecule has 27 heavy (non-hydrogen) atoms. The zero-order valence-electron chi connectivity index (χ0n) is 15.3. The van der Waals surface area contributed by atoms with Crippen LogP contribution in [-0.4, -0.2) is 36.1 Å². The lowest BCUT2D eigenvalue weighted by molar-refractivity contribution is -0.130. The number of aromatic nitrogens is 1. The summed E-state index contributed by atoms with van der Waals surface area (Å²) in [6.45, 7) is 2.13. The van der Waals surface area contributed by atoms with Gasteiger partial charge in [-0.1, -0.05) is 18.2 Å². The fourth-order valence-electron chi connectivity index (χ4n) is 3.32. The smallest absolute Gasteiger partial charge is 0.254 e. The third-order valence-corrected chi connectivity index (χ3v) is 5.62. The topological polar surface area (TPSA) is 60.9 Å². The van der Waals surface area contributed by atoms with E-state index in [2.05, 4.69) is 4.98 Å². The second-order valence-corrected chi connectivity index (χ2v) is 7.36. The van der Waals surface area contributed by atoms with Crippen LogP contribution < -0.4 is 9.47 Å². The number of nitrogens with zero attached hydrogens (tertiary/aromatic N) is 2. The maximum atomic E-state index is 12.8. The molecule has 4 rings (SSSR count). The number of methoxy groups -OCH3 is 2. The van der Waals surface area contributed by atoms with Crippen molar-refractivity contribution in [3.63, 3.8) is 0 Å². The van der Waals surface area contributed by atoms with E-state index in [1.165, 1.54) is 0 Å². The second kappa shape index (κ2) is 7.17. The van der Waals surface area contributed by atoms with Gasteiger partial charge in [-0.05, 0) is 31.2 Å². The monoisotopic (exact) mass is 384 g/mol. The summed E-state index contributed by atoms with van der Waals surface area (Å²) in [5.74, 6) is 1.17. The van der Waals surface area contributed by atoms with Gasteiger partial charge in [-0.3, -0.25) is 4.79 Å². The van der Waals surface area contributed by atoms with Crippen LogP contribution in [0.3, 0.4) is 0 Å². The Bertz CT molecular complexity index is 932. The molecular formula is C20H20N2O4S. The molecule has 0 bridgehead atoms. The van der Waals surface area contributed by atoms with Crippen molar-refractivity contribution < 1.29 is 19.0 Å². The highest BCUT2D eigenvalue weighted by Gasteiger charge is 2.42. The average molecular weight is 384 g/mol. The van der Waals surface area contributed by atoms with Gasteiger partial charge in [0.15, 0.2) is 6.23 Å². The highest BCUT2D eigenvalue weighted by Crippen LogP contribution is 2.42. The fraction of sp³-hybridized carbons (Fsp3) is 0.300. The number of benzene rings is 2. The second-order valence-electron chi connectivity index (χ2n) is 6.25. The molecule has 140 valence electrons. The van der Waals surface area contributed by atoms with Crippen molar-refractivity contribution in [2.45, 2.75) is 25.8 Å². The summed E-state index contributed by atoms with van der Waals surface area (Å²) in [5, 5.41) is 0.862. The van der Waals surface area contributed by atoms with Crippen molar-refractivity contribution in [2.75, 3.05) is 14.2 Å². The zero-order valence-corrected chi connectivity index (χ0v) is 16.2. The Kier molecular flexibility index (Phi) is 4.72. The van der Waals surface area contributed by atoms with Crippen LogP contribution in [0.1, 0.15) is 23.7 Å². The Balaban J connectivity index is 1.73. The van der Waals surface area contributed by atoms with Crippen LogP contribution in [0.2, 0.25) is 0 Å². The Morgan fingerprint density at radius 2 is 1.81 bits per heavy atom. The molecule has 0 radical (unpaired) electrons. The van der Waals surface area contributed by atoms with Gasteiger partial charge < -0.3 is 19.1 Å². The number of rotatable bonds is 5. The van der Waals surface area contributed by atoms with Crippen LogP contribution in [0.4, 0.5) is 0 Å². The highest BCUT2D eigenvalue weighted by molar-refractivity contribution is 7.18. The average Bonchev–Trinajstić information content (AvgIpc) is 3.22. The molecule has 1 saturated heterocycles. The quantitative estimate of drug-likeness (QED) is 0.670. The Morgan fingerprint density at radius 1 is 1.11 bits per heavy atom. The molecule has 1 aliphatic heterocycles. The van der Waals surface area contributed by atoms with E-state index in [1.807, 2.05) is 42.5 Å². The molecule has 1 unspecified atom stereocenters. The number of amides is 1. The summed E-state index contributed by atoms with van der Waals surface area (Å²) >= 11 is 1.58. The first-order valence-electron chi connectivity index (χ1n) is 8.63. The Morgan fingerprint density at radius 3 is 2.48 bits per heavy atom. The summed E-state index contributed by atoms with van der Waals surface area (Å²) in [6, 6.07) is 13.5. The van der Waals surface area contributed by atoms with Gasteiger partial charge in [-0.2, -0.15) is 0 Å². The van der Waals surface area contributed by atoms with Crippen molar-refractivity contribution in [2.24, 2.45) is 0 Å². The van der Waals surface area contributed by atoms with Gasteiger partial charge in [0.05, 0.1) is 36.5 Å².